The second-order valence-electron chi connectivity index (χ2n) is 4.70. The highest BCUT2D eigenvalue weighted by Crippen LogP contribution is 2.48. The average Bonchev–Trinajstić information content (AvgIpc) is 2.39. The van der Waals surface area contributed by atoms with Crippen molar-refractivity contribution in [2.24, 2.45) is 0 Å². The Morgan fingerprint density at radius 3 is 2.35 bits per heavy atom. The number of hydrogen-bond donors (Lipinski definition) is 1. The van der Waals surface area contributed by atoms with Gasteiger partial charge in [-0.2, -0.15) is 0 Å². The summed E-state index contributed by atoms with van der Waals surface area (Å²) in [5.41, 5.74) is -0.264. The number of carbonyl (C=O) groups is 1. The molecule has 0 aromatic heterocycles. The zero-order valence-electron chi connectivity index (χ0n) is 12.3. The quantitative estimate of drug-likeness (QED) is 0.618. The second kappa shape index (κ2) is 7.46. The van der Waals surface area contributed by atoms with Crippen LogP contribution in [0, 0.1) is 0 Å². The maximum absolute atomic E-state index is 12.9. The molecule has 0 bridgehead atoms. The van der Waals surface area contributed by atoms with Crippen molar-refractivity contribution in [1.29, 1.82) is 0 Å². The first kappa shape index (κ1) is 16.7. The monoisotopic (exact) mass is 299 g/mol. The summed E-state index contributed by atoms with van der Waals surface area (Å²) in [4.78, 5) is 11.6. The highest BCUT2D eigenvalue weighted by atomic mass is 31.2. The molecule has 112 valence electrons. The Morgan fingerprint density at radius 1 is 1.25 bits per heavy atom. The molecule has 1 aromatic rings. The van der Waals surface area contributed by atoms with Crippen LogP contribution in [0.3, 0.4) is 0 Å². The van der Waals surface area contributed by atoms with Gasteiger partial charge in [-0.05, 0) is 26.0 Å². The lowest BCUT2D eigenvalue weighted by Gasteiger charge is -2.26. The van der Waals surface area contributed by atoms with Crippen LogP contribution in [0.15, 0.2) is 30.3 Å². The molecule has 6 heteroatoms. The first-order valence-corrected chi connectivity index (χ1v) is 8.37. The molecular formula is C14H22NO4P. The standard InChI is InChI=1S/C14H22NO4P/c1-5-18-14(16)12(4)15-20(17,11(2)3)19-13-9-7-6-8-10-13/h6-12H,5H2,1-4H3,(H,15,17)/t12-,20+/m0/s1. The highest BCUT2D eigenvalue weighted by Gasteiger charge is 2.33. The van der Waals surface area contributed by atoms with Gasteiger partial charge in [0.25, 0.3) is 0 Å². The smallest absolute Gasteiger partial charge is 0.323 e. The van der Waals surface area contributed by atoms with E-state index in [2.05, 4.69) is 5.09 Å². The number of esters is 1. The largest absolute Gasteiger partial charge is 0.465 e. The van der Waals surface area contributed by atoms with E-state index >= 15 is 0 Å². The zero-order valence-corrected chi connectivity index (χ0v) is 13.2. The Kier molecular flexibility index (Phi) is 6.24. The molecule has 0 unspecified atom stereocenters. The Hall–Kier alpha value is -1.32. The zero-order chi connectivity index (χ0) is 15.2. The number of nitrogens with one attached hydrogen (secondary N) is 1. The molecule has 0 fully saturated rings. The molecule has 0 aliphatic rings. The molecule has 0 radical (unpaired) electrons. The number of carbonyl (C=O) groups excluding carboxylic acids is 1. The summed E-state index contributed by atoms with van der Waals surface area (Å²) in [5, 5.41) is 2.78. The van der Waals surface area contributed by atoms with Crippen molar-refractivity contribution in [3.8, 4) is 5.75 Å². The molecule has 0 aliphatic heterocycles. The van der Waals surface area contributed by atoms with Gasteiger partial charge in [0.2, 0.25) is 0 Å². The number of ether oxygens (including phenoxy) is 1. The van der Waals surface area contributed by atoms with Crippen molar-refractivity contribution in [1.82, 2.24) is 5.09 Å². The fourth-order valence-corrected chi connectivity index (χ4v) is 3.15. The predicted octanol–water partition coefficient (Wildman–Crippen LogP) is 3.21. The third-order valence-electron chi connectivity index (χ3n) is 2.68. The van der Waals surface area contributed by atoms with E-state index in [0.29, 0.717) is 5.75 Å². The summed E-state index contributed by atoms with van der Waals surface area (Å²) in [6.07, 6.45) is 0. The lowest BCUT2D eigenvalue weighted by atomic mass is 10.3. The summed E-state index contributed by atoms with van der Waals surface area (Å²) in [6.45, 7) is 7.20. The van der Waals surface area contributed by atoms with Crippen molar-refractivity contribution in [2.75, 3.05) is 6.61 Å². The minimum atomic E-state index is -3.20. The molecule has 0 heterocycles. The van der Waals surface area contributed by atoms with Gasteiger partial charge in [-0.25, -0.2) is 5.09 Å². The van der Waals surface area contributed by atoms with Gasteiger partial charge in [0.05, 0.1) is 12.3 Å². The van der Waals surface area contributed by atoms with E-state index in [1.165, 1.54) is 0 Å². The minimum Gasteiger partial charge on any atom is -0.465 e. The lowest BCUT2D eigenvalue weighted by molar-refractivity contribution is -0.144. The summed E-state index contributed by atoms with van der Waals surface area (Å²) < 4.78 is 23.4. The van der Waals surface area contributed by atoms with E-state index in [1.807, 2.05) is 6.07 Å². The molecule has 1 rings (SSSR count). The highest BCUT2D eigenvalue weighted by molar-refractivity contribution is 7.58. The summed E-state index contributed by atoms with van der Waals surface area (Å²) >= 11 is 0. The van der Waals surface area contributed by atoms with Crippen LogP contribution >= 0.6 is 7.52 Å². The number of para-hydroxylation sites is 1. The lowest BCUT2D eigenvalue weighted by Crippen LogP contribution is -2.36. The molecule has 2 atom stereocenters. The summed E-state index contributed by atoms with van der Waals surface area (Å²) in [7, 11) is -3.20. The second-order valence-corrected chi connectivity index (χ2v) is 7.37. The van der Waals surface area contributed by atoms with E-state index in [1.54, 1.807) is 52.0 Å². The molecule has 0 saturated carbocycles. The van der Waals surface area contributed by atoms with Gasteiger partial charge in [-0.1, -0.05) is 32.0 Å². The number of benzene rings is 1. The summed E-state index contributed by atoms with van der Waals surface area (Å²) in [5.74, 6) is 0.0677. The molecule has 1 aromatic carbocycles. The van der Waals surface area contributed by atoms with Gasteiger partial charge < -0.3 is 9.26 Å². The van der Waals surface area contributed by atoms with Crippen LogP contribution in [0.2, 0.25) is 0 Å². The van der Waals surface area contributed by atoms with E-state index in [0.717, 1.165) is 0 Å². The summed E-state index contributed by atoms with van der Waals surface area (Å²) in [6, 6.07) is 8.22. The van der Waals surface area contributed by atoms with E-state index in [4.69, 9.17) is 9.26 Å². The molecule has 0 amide bonds. The molecule has 0 aliphatic carbocycles. The van der Waals surface area contributed by atoms with Crippen LogP contribution < -0.4 is 9.61 Å². The molecule has 0 saturated heterocycles. The van der Waals surface area contributed by atoms with Crippen molar-refractivity contribution >= 4 is 13.5 Å². The van der Waals surface area contributed by atoms with Crippen LogP contribution in [0.1, 0.15) is 27.7 Å². The third-order valence-corrected chi connectivity index (χ3v) is 5.27. The SMILES string of the molecule is CCOC(=O)[C@H](C)N[P@](=O)(Oc1ccccc1)C(C)C. The Morgan fingerprint density at radius 2 is 1.85 bits per heavy atom. The number of hydrogen-bond acceptors (Lipinski definition) is 4. The fraction of sp³-hybridized carbons (Fsp3) is 0.500. The molecular weight excluding hydrogens is 277 g/mol. The van der Waals surface area contributed by atoms with E-state index in [-0.39, 0.29) is 12.3 Å². The van der Waals surface area contributed by atoms with Crippen molar-refractivity contribution in [2.45, 2.75) is 39.4 Å². The van der Waals surface area contributed by atoms with Crippen LogP contribution in [0.25, 0.3) is 0 Å². The van der Waals surface area contributed by atoms with Crippen LogP contribution in [-0.4, -0.2) is 24.3 Å². The number of rotatable bonds is 7. The van der Waals surface area contributed by atoms with Crippen LogP contribution in [0.4, 0.5) is 0 Å². The van der Waals surface area contributed by atoms with E-state index < -0.39 is 19.5 Å². The topological polar surface area (TPSA) is 64.6 Å². The first-order valence-electron chi connectivity index (χ1n) is 6.68. The van der Waals surface area contributed by atoms with Gasteiger partial charge in [0, 0.05) is 0 Å². The average molecular weight is 299 g/mol. The van der Waals surface area contributed by atoms with Crippen LogP contribution in [0.5, 0.6) is 5.75 Å². The fourth-order valence-electron chi connectivity index (χ4n) is 1.51. The molecule has 0 spiro atoms. The molecule has 5 nitrogen and oxygen atoms in total. The first-order chi connectivity index (χ1) is 9.39. The predicted molar refractivity (Wildman–Crippen MR) is 79.0 cm³/mol. The minimum absolute atomic E-state index is 0.264. The molecule has 20 heavy (non-hydrogen) atoms. The van der Waals surface area contributed by atoms with Crippen molar-refractivity contribution in [3.63, 3.8) is 0 Å². The van der Waals surface area contributed by atoms with Crippen molar-refractivity contribution in [3.05, 3.63) is 30.3 Å². The maximum atomic E-state index is 12.9. The molecule has 1 N–H and O–H groups in total. The van der Waals surface area contributed by atoms with Gasteiger partial charge in [0.15, 0.2) is 0 Å². The van der Waals surface area contributed by atoms with E-state index in [9.17, 15) is 9.36 Å². The third kappa shape index (κ3) is 4.66. The normalized spacial score (nSPS) is 15.4. The van der Waals surface area contributed by atoms with Crippen LogP contribution in [-0.2, 0) is 14.1 Å². The van der Waals surface area contributed by atoms with Gasteiger partial charge in [-0.3, -0.25) is 9.36 Å². The maximum Gasteiger partial charge on any atom is 0.323 e. The van der Waals surface area contributed by atoms with Gasteiger partial charge in [-0.15, -0.1) is 0 Å². The van der Waals surface area contributed by atoms with Gasteiger partial charge in [0.1, 0.15) is 11.8 Å². The Balaban J connectivity index is 2.82. The Labute approximate surface area is 120 Å². The van der Waals surface area contributed by atoms with Crippen molar-refractivity contribution < 1.29 is 18.6 Å². The van der Waals surface area contributed by atoms with Gasteiger partial charge >= 0.3 is 13.5 Å². The Bertz CT molecular complexity index is 475.